The molecular formula is C42H61NO3. The van der Waals surface area contributed by atoms with Gasteiger partial charge in [0, 0.05) is 19.6 Å². The van der Waals surface area contributed by atoms with Crippen molar-refractivity contribution in [2.24, 2.45) is 0 Å². The third-order valence-corrected chi connectivity index (χ3v) is 8.96. The lowest BCUT2D eigenvalue weighted by molar-refractivity contribution is -0.122. The number of amides is 1. The molecule has 0 aliphatic carbocycles. The van der Waals surface area contributed by atoms with Crippen LogP contribution in [0.3, 0.4) is 0 Å². The Bertz CT molecular complexity index is 1050. The van der Waals surface area contributed by atoms with Crippen LogP contribution in [-0.2, 0) is 19.9 Å². The fraction of sp³-hybridized carbons (Fsp3) is 0.548. The lowest BCUT2D eigenvalue weighted by Crippen LogP contribution is -2.41. The average Bonchev–Trinajstić information content (AvgIpc) is 3.10. The van der Waals surface area contributed by atoms with Gasteiger partial charge < -0.3 is 14.8 Å². The van der Waals surface area contributed by atoms with Crippen molar-refractivity contribution >= 4 is 5.91 Å². The summed E-state index contributed by atoms with van der Waals surface area (Å²) in [6.07, 6.45) is 20.2. The number of rotatable bonds is 26. The Morgan fingerprint density at radius 1 is 0.587 bits per heavy atom. The molecule has 0 saturated carbocycles. The summed E-state index contributed by atoms with van der Waals surface area (Å²) >= 11 is 0. The van der Waals surface area contributed by atoms with Crippen LogP contribution >= 0.6 is 0 Å². The van der Waals surface area contributed by atoms with Gasteiger partial charge in [-0.1, -0.05) is 188 Å². The zero-order valence-electron chi connectivity index (χ0n) is 28.9. The zero-order valence-corrected chi connectivity index (χ0v) is 28.9. The highest BCUT2D eigenvalue weighted by atomic mass is 16.5. The van der Waals surface area contributed by atoms with E-state index in [1.807, 2.05) is 25.1 Å². The lowest BCUT2D eigenvalue weighted by Gasteiger charge is -2.37. The minimum Gasteiger partial charge on any atom is -0.374 e. The molecule has 4 heteroatoms. The van der Waals surface area contributed by atoms with Gasteiger partial charge in [0.15, 0.2) is 0 Å². The molecule has 4 nitrogen and oxygen atoms in total. The molecule has 0 aliphatic heterocycles. The van der Waals surface area contributed by atoms with Crippen LogP contribution in [-0.4, -0.2) is 31.8 Å². The van der Waals surface area contributed by atoms with Gasteiger partial charge in [-0.2, -0.15) is 0 Å². The van der Waals surface area contributed by atoms with E-state index in [4.69, 9.17) is 9.47 Å². The van der Waals surface area contributed by atoms with Crippen molar-refractivity contribution in [3.8, 4) is 0 Å². The molecule has 0 bridgehead atoms. The molecule has 1 unspecified atom stereocenters. The van der Waals surface area contributed by atoms with Crippen molar-refractivity contribution in [3.63, 3.8) is 0 Å². The van der Waals surface area contributed by atoms with E-state index in [1.165, 1.54) is 83.5 Å². The molecule has 46 heavy (non-hydrogen) atoms. The third kappa shape index (κ3) is 13.4. The van der Waals surface area contributed by atoms with Crippen LogP contribution in [0.1, 0.15) is 133 Å². The molecule has 1 atom stereocenters. The minimum atomic E-state index is -0.809. The highest BCUT2D eigenvalue weighted by molar-refractivity contribution is 5.75. The van der Waals surface area contributed by atoms with Crippen LogP contribution in [0.15, 0.2) is 91.0 Å². The van der Waals surface area contributed by atoms with Gasteiger partial charge >= 0.3 is 0 Å². The number of ether oxygens (including phenoxy) is 2. The summed E-state index contributed by atoms with van der Waals surface area (Å²) in [6.45, 7) is 5.59. The van der Waals surface area contributed by atoms with Crippen molar-refractivity contribution in [2.75, 3.05) is 19.8 Å². The first-order chi connectivity index (χ1) is 22.7. The van der Waals surface area contributed by atoms with Crippen molar-refractivity contribution in [1.82, 2.24) is 5.32 Å². The van der Waals surface area contributed by atoms with Gasteiger partial charge in [0.1, 0.15) is 5.60 Å². The summed E-state index contributed by atoms with van der Waals surface area (Å²) in [7, 11) is 0. The van der Waals surface area contributed by atoms with Gasteiger partial charge in [0.2, 0.25) is 5.91 Å². The van der Waals surface area contributed by atoms with Crippen LogP contribution in [0.5, 0.6) is 0 Å². The standard InChI is InChI=1S/C42H61NO3/c1-3-5-6-7-8-9-10-11-12-13-14-15-16-17-27-34-41(44)43-35-40(45-4-2)36-46-42(37-28-21-18-22-29-37,38-30-23-19-24-31-38)39-32-25-20-26-33-39/h18-26,28-33,40H,3-17,27,34-36H2,1-2H3,(H,43,44). The summed E-state index contributed by atoms with van der Waals surface area (Å²) in [4.78, 5) is 12.7. The molecule has 0 aliphatic rings. The van der Waals surface area contributed by atoms with E-state index in [0.29, 0.717) is 26.2 Å². The van der Waals surface area contributed by atoms with Gasteiger partial charge in [-0.3, -0.25) is 4.79 Å². The molecule has 0 spiro atoms. The second-order valence-corrected chi connectivity index (χ2v) is 12.7. The van der Waals surface area contributed by atoms with Crippen molar-refractivity contribution < 1.29 is 14.3 Å². The normalized spacial score (nSPS) is 12.2. The van der Waals surface area contributed by atoms with E-state index in [-0.39, 0.29) is 12.0 Å². The molecule has 0 aromatic heterocycles. The van der Waals surface area contributed by atoms with E-state index < -0.39 is 5.60 Å². The maximum Gasteiger partial charge on any atom is 0.220 e. The van der Waals surface area contributed by atoms with Gasteiger partial charge in [-0.05, 0) is 30.0 Å². The Morgan fingerprint density at radius 3 is 1.37 bits per heavy atom. The maximum atomic E-state index is 12.7. The lowest BCUT2D eigenvalue weighted by atomic mass is 9.80. The first-order valence-corrected chi connectivity index (χ1v) is 18.4. The summed E-state index contributed by atoms with van der Waals surface area (Å²) in [5, 5.41) is 3.13. The maximum absolute atomic E-state index is 12.7. The molecule has 252 valence electrons. The topological polar surface area (TPSA) is 47.6 Å². The van der Waals surface area contributed by atoms with Gasteiger partial charge in [-0.15, -0.1) is 0 Å². The molecule has 3 aromatic rings. The van der Waals surface area contributed by atoms with Crippen molar-refractivity contribution in [3.05, 3.63) is 108 Å². The smallest absolute Gasteiger partial charge is 0.220 e. The number of nitrogens with one attached hydrogen (secondary N) is 1. The van der Waals surface area contributed by atoms with Crippen LogP contribution in [0.25, 0.3) is 0 Å². The van der Waals surface area contributed by atoms with E-state index in [0.717, 1.165) is 29.5 Å². The molecule has 1 amide bonds. The van der Waals surface area contributed by atoms with Crippen LogP contribution in [0, 0.1) is 0 Å². The molecule has 3 rings (SSSR count). The Labute approximate surface area is 280 Å². The summed E-state index contributed by atoms with van der Waals surface area (Å²) < 4.78 is 13.0. The highest BCUT2D eigenvalue weighted by Gasteiger charge is 2.38. The van der Waals surface area contributed by atoms with Crippen molar-refractivity contribution in [2.45, 2.75) is 128 Å². The molecular weight excluding hydrogens is 566 g/mol. The molecule has 0 radical (unpaired) electrons. The number of unbranched alkanes of at least 4 members (excludes halogenated alkanes) is 14. The largest absolute Gasteiger partial charge is 0.374 e. The highest BCUT2D eigenvalue weighted by Crippen LogP contribution is 2.40. The number of benzene rings is 3. The predicted octanol–water partition coefficient (Wildman–Crippen LogP) is 10.8. The molecule has 3 aromatic carbocycles. The summed E-state index contributed by atoms with van der Waals surface area (Å²) in [5.74, 6) is 0.0971. The Balaban J connectivity index is 1.41. The van der Waals surface area contributed by atoms with Crippen LogP contribution in [0.2, 0.25) is 0 Å². The predicted molar refractivity (Wildman–Crippen MR) is 193 cm³/mol. The second-order valence-electron chi connectivity index (χ2n) is 12.7. The first kappa shape index (κ1) is 37.5. The molecule has 0 heterocycles. The van der Waals surface area contributed by atoms with E-state index in [1.54, 1.807) is 0 Å². The second kappa shape index (κ2) is 23.4. The number of carbonyl (C=O) groups is 1. The molecule has 0 saturated heterocycles. The van der Waals surface area contributed by atoms with E-state index in [2.05, 4.69) is 85.0 Å². The SMILES string of the molecule is CCCCCCCCCCCCCCCCCC(=O)NCC(COC(c1ccccc1)(c1ccccc1)c1ccccc1)OCC. The average molecular weight is 628 g/mol. The number of carbonyl (C=O) groups excluding carboxylic acids is 1. The van der Waals surface area contributed by atoms with Gasteiger partial charge in [0.25, 0.3) is 0 Å². The fourth-order valence-corrected chi connectivity index (χ4v) is 6.36. The minimum absolute atomic E-state index is 0.0971. The summed E-state index contributed by atoms with van der Waals surface area (Å²) in [6, 6.07) is 31.1. The quantitative estimate of drug-likeness (QED) is 0.0711. The van der Waals surface area contributed by atoms with Crippen molar-refractivity contribution in [1.29, 1.82) is 0 Å². The monoisotopic (exact) mass is 627 g/mol. The number of hydrogen-bond donors (Lipinski definition) is 1. The zero-order chi connectivity index (χ0) is 32.5. The first-order valence-electron chi connectivity index (χ1n) is 18.4. The van der Waals surface area contributed by atoms with Crippen LogP contribution < -0.4 is 5.32 Å². The fourth-order valence-electron chi connectivity index (χ4n) is 6.36. The summed E-state index contributed by atoms with van der Waals surface area (Å²) in [5.41, 5.74) is 2.36. The Hall–Kier alpha value is -2.95. The van der Waals surface area contributed by atoms with E-state index in [9.17, 15) is 4.79 Å². The number of hydrogen-bond acceptors (Lipinski definition) is 3. The Morgan fingerprint density at radius 2 is 0.978 bits per heavy atom. The van der Waals surface area contributed by atoms with Gasteiger partial charge in [-0.25, -0.2) is 0 Å². The van der Waals surface area contributed by atoms with E-state index >= 15 is 0 Å². The Kier molecular flexibility index (Phi) is 19.1. The third-order valence-electron chi connectivity index (χ3n) is 8.96. The van der Waals surface area contributed by atoms with Gasteiger partial charge in [0.05, 0.1) is 12.7 Å². The molecule has 1 N–H and O–H groups in total. The molecule has 0 fully saturated rings. The van der Waals surface area contributed by atoms with Crippen LogP contribution in [0.4, 0.5) is 0 Å².